The third-order valence-corrected chi connectivity index (χ3v) is 2.94. The van der Waals surface area contributed by atoms with E-state index in [-0.39, 0.29) is 17.4 Å². The molecule has 0 saturated carbocycles. The van der Waals surface area contributed by atoms with Gasteiger partial charge in [-0.3, -0.25) is 9.59 Å². The zero-order valence-corrected chi connectivity index (χ0v) is 8.87. The molecule has 82 valence electrons. The lowest BCUT2D eigenvalue weighted by Gasteiger charge is -2.19. The lowest BCUT2D eigenvalue weighted by molar-refractivity contribution is -0.132. The van der Waals surface area contributed by atoms with E-state index in [1.807, 2.05) is 0 Å². The zero-order valence-electron chi connectivity index (χ0n) is 8.87. The number of hydrogen-bond donors (Lipinski definition) is 0. The SMILES string of the molecule is CC1(Cc2ccc(F)cc2)C(=O)C=CC1=O. The minimum atomic E-state index is -1.00. The number of ketones is 2. The van der Waals surface area contributed by atoms with Gasteiger partial charge in [0.25, 0.3) is 0 Å². The van der Waals surface area contributed by atoms with Crippen LogP contribution in [-0.2, 0) is 16.0 Å². The number of carbonyl (C=O) groups excluding carboxylic acids is 2. The molecule has 0 spiro atoms. The number of rotatable bonds is 2. The average Bonchev–Trinajstić information content (AvgIpc) is 2.50. The first-order valence-electron chi connectivity index (χ1n) is 5.04. The van der Waals surface area contributed by atoms with Crippen LogP contribution in [-0.4, -0.2) is 11.6 Å². The van der Waals surface area contributed by atoms with Gasteiger partial charge in [-0.25, -0.2) is 4.39 Å². The van der Waals surface area contributed by atoms with Gasteiger partial charge in [-0.05, 0) is 43.2 Å². The summed E-state index contributed by atoms with van der Waals surface area (Å²) in [5.74, 6) is -0.681. The molecule has 2 rings (SSSR count). The van der Waals surface area contributed by atoms with Gasteiger partial charge in [0.05, 0.1) is 5.41 Å². The fraction of sp³-hybridized carbons (Fsp3) is 0.231. The summed E-state index contributed by atoms with van der Waals surface area (Å²) in [6.45, 7) is 1.63. The normalized spacial score (nSPS) is 18.1. The highest BCUT2D eigenvalue weighted by Gasteiger charge is 2.41. The Morgan fingerprint density at radius 2 is 1.56 bits per heavy atom. The summed E-state index contributed by atoms with van der Waals surface area (Å²) in [6, 6.07) is 5.85. The highest BCUT2D eigenvalue weighted by atomic mass is 19.1. The van der Waals surface area contributed by atoms with Crippen molar-refractivity contribution in [2.45, 2.75) is 13.3 Å². The van der Waals surface area contributed by atoms with Crippen LogP contribution in [0.15, 0.2) is 36.4 Å². The Balaban J connectivity index is 2.25. The first-order valence-corrected chi connectivity index (χ1v) is 5.04. The molecule has 0 aromatic heterocycles. The fourth-order valence-corrected chi connectivity index (χ4v) is 1.83. The summed E-state index contributed by atoms with van der Waals surface area (Å²) in [6.07, 6.45) is 2.94. The maximum Gasteiger partial charge on any atom is 0.169 e. The second-order valence-electron chi connectivity index (χ2n) is 4.20. The van der Waals surface area contributed by atoms with Crippen LogP contribution in [0.5, 0.6) is 0 Å². The Hall–Kier alpha value is -1.77. The fourth-order valence-electron chi connectivity index (χ4n) is 1.83. The Morgan fingerprint density at radius 3 is 2.06 bits per heavy atom. The van der Waals surface area contributed by atoms with E-state index in [9.17, 15) is 14.0 Å². The van der Waals surface area contributed by atoms with Crippen LogP contribution in [0.2, 0.25) is 0 Å². The second-order valence-corrected chi connectivity index (χ2v) is 4.20. The molecule has 0 unspecified atom stereocenters. The molecule has 1 aromatic carbocycles. The number of carbonyl (C=O) groups is 2. The number of hydrogen-bond acceptors (Lipinski definition) is 2. The topological polar surface area (TPSA) is 34.1 Å². The molecule has 0 amide bonds. The van der Waals surface area contributed by atoms with Gasteiger partial charge in [0, 0.05) is 0 Å². The molecule has 0 atom stereocenters. The van der Waals surface area contributed by atoms with E-state index < -0.39 is 5.41 Å². The van der Waals surface area contributed by atoms with Gasteiger partial charge in [0.15, 0.2) is 11.6 Å². The predicted octanol–water partition coefficient (Wildman–Crippen LogP) is 2.08. The molecule has 1 aromatic rings. The van der Waals surface area contributed by atoms with E-state index in [0.29, 0.717) is 6.42 Å². The van der Waals surface area contributed by atoms with Gasteiger partial charge in [0.2, 0.25) is 0 Å². The quantitative estimate of drug-likeness (QED) is 0.712. The minimum Gasteiger partial charge on any atom is -0.294 e. The zero-order chi connectivity index (χ0) is 11.8. The van der Waals surface area contributed by atoms with Gasteiger partial charge >= 0.3 is 0 Å². The van der Waals surface area contributed by atoms with Gasteiger partial charge in [0.1, 0.15) is 5.82 Å². The number of benzene rings is 1. The predicted molar refractivity (Wildman–Crippen MR) is 57.4 cm³/mol. The lowest BCUT2D eigenvalue weighted by atomic mass is 9.80. The van der Waals surface area contributed by atoms with Crippen molar-refractivity contribution in [3.05, 3.63) is 47.8 Å². The van der Waals surface area contributed by atoms with Crippen LogP contribution >= 0.6 is 0 Å². The molecular formula is C13H11FO2. The molecular weight excluding hydrogens is 207 g/mol. The van der Waals surface area contributed by atoms with E-state index in [2.05, 4.69) is 0 Å². The van der Waals surface area contributed by atoms with Crippen LogP contribution in [0.1, 0.15) is 12.5 Å². The molecule has 2 nitrogen and oxygen atoms in total. The Labute approximate surface area is 92.8 Å². The summed E-state index contributed by atoms with van der Waals surface area (Å²) < 4.78 is 12.7. The van der Waals surface area contributed by atoms with Crippen molar-refractivity contribution in [1.82, 2.24) is 0 Å². The lowest BCUT2D eigenvalue weighted by Crippen LogP contribution is -2.32. The molecule has 0 N–H and O–H groups in total. The summed E-state index contributed by atoms with van der Waals surface area (Å²) in [5.41, 5.74) is -0.216. The average molecular weight is 218 g/mol. The van der Waals surface area contributed by atoms with Crippen LogP contribution < -0.4 is 0 Å². The summed E-state index contributed by atoms with van der Waals surface area (Å²) >= 11 is 0. The van der Waals surface area contributed by atoms with Gasteiger partial charge < -0.3 is 0 Å². The maximum atomic E-state index is 12.7. The molecule has 0 saturated heterocycles. The molecule has 16 heavy (non-hydrogen) atoms. The summed E-state index contributed by atoms with van der Waals surface area (Å²) in [4.78, 5) is 23.2. The van der Waals surface area contributed by atoms with Crippen molar-refractivity contribution in [3.8, 4) is 0 Å². The van der Waals surface area contributed by atoms with Crippen molar-refractivity contribution in [2.75, 3.05) is 0 Å². The van der Waals surface area contributed by atoms with Crippen LogP contribution in [0.25, 0.3) is 0 Å². The molecule has 0 heterocycles. The van der Waals surface area contributed by atoms with Gasteiger partial charge in [-0.2, -0.15) is 0 Å². The van der Waals surface area contributed by atoms with Gasteiger partial charge in [-0.15, -0.1) is 0 Å². The Morgan fingerprint density at radius 1 is 1.06 bits per heavy atom. The largest absolute Gasteiger partial charge is 0.294 e. The molecule has 0 aliphatic heterocycles. The molecule has 1 aliphatic rings. The van der Waals surface area contributed by atoms with E-state index in [4.69, 9.17) is 0 Å². The van der Waals surface area contributed by atoms with Crippen molar-refractivity contribution in [3.63, 3.8) is 0 Å². The standard InChI is InChI=1S/C13H11FO2/c1-13(11(15)6-7-12(13)16)8-9-2-4-10(14)5-3-9/h2-7H,8H2,1H3. The monoisotopic (exact) mass is 218 g/mol. The van der Waals surface area contributed by atoms with E-state index in [1.54, 1.807) is 19.1 Å². The van der Waals surface area contributed by atoms with Crippen LogP contribution in [0.3, 0.4) is 0 Å². The van der Waals surface area contributed by atoms with E-state index in [1.165, 1.54) is 24.3 Å². The minimum absolute atomic E-state index is 0.179. The summed E-state index contributed by atoms with van der Waals surface area (Å²) in [7, 11) is 0. The second kappa shape index (κ2) is 3.67. The van der Waals surface area contributed by atoms with Crippen molar-refractivity contribution in [1.29, 1.82) is 0 Å². The first-order chi connectivity index (χ1) is 7.52. The van der Waals surface area contributed by atoms with Gasteiger partial charge in [-0.1, -0.05) is 12.1 Å². The van der Waals surface area contributed by atoms with E-state index >= 15 is 0 Å². The van der Waals surface area contributed by atoms with Crippen molar-refractivity contribution < 1.29 is 14.0 Å². The first kappa shape index (κ1) is 10.7. The molecule has 0 fully saturated rings. The third-order valence-electron chi connectivity index (χ3n) is 2.94. The van der Waals surface area contributed by atoms with Crippen molar-refractivity contribution in [2.24, 2.45) is 5.41 Å². The molecule has 0 radical (unpaired) electrons. The maximum absolute atomic E-state index is 12.7. The molecule has 1 aliphatic carbocycles. The number of allylic oxidation sites excluding steroid dienone is 2. The Bertz CT molecular complexity index is 453. The van der Waals surface area contributed by atoms with E-state index in [0.717, 1.165) is 5.56 Å². The van der Waals surface area contributed by atoms with Crippen LogP contribution in [0.4, 0.5) is 4.39 Å². The number of halogens is 1. The molecule has 0 bridgehead atoms. The Kier molecular flexibility index (Phi) is 2.46. The highest BCUT2D eigenvalue weighted by molar-refractivity contribution is 6.22. The summed E-state index contributed by atoms with van der Waals surface area (Å²) in [5, 5.41) is 0. The van der Waals surface area contributed by atoms with Crippen molar-refractivity contribution >= 4 is 11.6 Å². The van der Waals surface area contributed by atoms with Crippen LogP contribution in [0, 0.1) is 11.2 Å². The smallest absolute Gasteiger partial charge is 0.169 e. The third kappa shape index (κ3) is 1.69. The highest BCUT2D eigenvalue weighted by Crippen LogP contribution is 2.30. The molecule has 3 heteroatoms.